The number of carboxylic acids is 1. The van der Waals surface area contributed by atoms with E-state index in [-0.39, 0.29) is 11.3 Å². The zero-order valence-corrected chi connectivity index (χ0v) is 14.6. The number of hydrogen-bond donors (Lipinski definition) is 2. The molecule has 5 aromatic rings. The van der Waals surface area contributed by atoms with Gasteiger partial charge in [-0.15, -0.1) is 0 Å². The zero-order valence-electron chi connectivity index (χ0n) is 14.6. The van der Waals surface area contributed by atoms with Crippen LogP contribution in [0, 0.1) is 0 Å². The highest BCUT2D eigenvalue weighted by atomic mass is 16.4. The molecule has 0 aliphatic rings. The maximum atomic E-state index is 11.3. The molecule has 6 nitrogen and oxygen atoms in total. The number of carbonyl (C=O) groups is 1. The molecule has 0 saturated carbocycles. The number of phenols is 1. The first-order valence-electron chi connectivity index (χ1n) is 8.74. The van der Waals surface area contributed by atoms with Crippen LogP contribution < -0.4 is 0 Å². The highest BCUT2D eigenvalue weighted by Crippen LogP contribution is 2.31. The first-order chi connectivity index (χ1) is 13.6. The third kappa shape index (κ3) is 2.35. The van der Waals surface area contributed by atoms with Crippen LogP contribution in [0.1, 0.15) is 10.4 Å². The summed E-state index contributed by atoms with van der Waals surface area (Å²) in [6.45, 7) is 0. The smallest absolute Gasteiger partial charge is 0.339 e. The first kappa shape index (κ1) is 16.1. The molecule has 2 aromatic heterocycles. The minimum absolute atomic E-state index is 0.137. The lowest BCUT2D eigenvalue weighted by Crippen LogP contribution is -2.01. The molecule has 0 amide bonds. The summed E-state index contributed by atoms with van der Waals surface area (Å²) in [7, 11) is 0. The molecule has 0 aliphatic heterocycles. The number of imidazole rings is 2. The van der Waals surface area contributed by atoms with Crippen molar-refractivity contribution in [1.29, 1.82) is 0 Å². The second-order valence-corrected chi connectivity index (χ2v) is 6.49. The van der Waals surface area contributed by atoms with Gasteiger partial charge in [-0.3, -0.25) is 8.97 Å². The fraction of sp³-hybridized carbons (Fsp3) is 0. The molecule has 0 bridgehead atoms. The van der Waals surface area contributed by atoms with Gasteiger partial charge < -0.3 is 10.2 Å². The summed E-state index contributed by atoms with van der Waals surface area (Å²) in [4.78, 5) is 16.0. The molecule has 6 heteroatoms. The summed E-state index contributed by atoms with van der Waals surface area (Å²) < 4.78 is 3.92. The number of para-hydroxylation sites is 2. The topological polar surface area (TPSA) is 79.8 Å². The van der Waals surface area contributed by atoms with Crippen LogP contribution in [0.5, 0.6) is 5.75 Å². The van der Waals surface area contributed by atoms with Crippen molar-refractivity contribution in [2.45, 2.75) is 0 Å². The van der Waals surface area contributed by atoms with E-state index in [1.54, 1.807) is 6.07 Å². The Kier molecular flexibility index (Phi) is 3.45. The summed E-state index contributed by atoms with van der Waals surface area (Å²) in [5, 5.41) is 19.4. The van der Waals surface area contributed by atoms with Crippen LogP contribution in [-0.2, 0) is 0 Å². The fourth-order valence-electron chi connectivity index (χ4n) is 3.51. The van der Waals surface area contributed by atoms with Gasteiger partial charge in [-0.1, -0.05) is 42.5 Å². The Hall–Kier alpha value is -4.06. The van der Waals surface area contributed by atoms with Gasteiger partial charge in [0, 0.05) is 17.8 Å². The molecule has 0 saturated heterocycles. The predicted octanol–water partition coefficient (Wildman–Crippen LogP) is 4.35. The van der Waals surface area contributed by atoms with Crippen molar-refractivity contribution in [3.63, 3.8) is 0 Å². The lowest BCUT2D eigenvalue weighted by molar-refractivity contribution is 0.0694. The van der Waals surface area contributed by atoms with E-state index in [2.05, 4.69) is 0 Å². The Balaban J connectivity index is 1.85. The second kappa shape index (κ2) is 5.99. The average molecular weight is 369 g/mol. The van der Waals surface area contributed by atoms with Crippen LogP contribution in [-0.4, -0.2) is 30.1 Å². The van der Waals surface area contributed by atoms with Crippen LogP contribution in [0.15, 0.2) is 79.0 Å². The van der Waals surface area contributed by atoms with Gasteiger partial charge in [-0.2, -0.15) is 0 Å². The minimum atomic E-state index is -1.17. The van der Waals surface area contributed by atoms with Gasteiger partial charge in [0.1, 0.15) is 11.3 Å². The first-order valence-corrected chi connectivity index (χ1v) is 8.74. The number of hydrogen-bond acceptors (Lipinski definition) is 3. The summed E-state index contributed by atoms with van der Waals surface area (Å²) >= 11 is 0. The Morgan fingerprint density at radius 2 is 1.68 bits per heavy atom. The van der Waals surface area contributed by atoms with Gasteiger partial charge >= 0.3 is 5.97 Å². The van der Waals surface area contributed by atoms with Crippen LogP contribution >= 0.6 is 0 Å². The van der Waals surface area contributed by atoms with Crippen LogP contribution in [0.2, 0.25) is 0 Å². The highest BCUT2D eigenvalue weighted by Gasteiger charge is 2.18. The number of nitrogens with zero attached hydrogens (tertiary/aromatic N) is 3. The predicted molar refractivity (Wildman–Crippen MR) is 106 cm³/mol. The van der Waals surface area contributed by atoms with Crippen LogP contribution in [0.3, 0.4) is 0 Å². The number of benzene rings is 3. The molecule has 0 fully saturated rings. The van der Waals surface area contributed by atoms with Gasteiger partial charge in [0.2, 0.25) is 5.78 Å². The van der Waals surface area contributed by atoms with E-state index in [4.69, 9.17) is 4.98 Å². The molecule has 0 unspecified atom stereocenters. The molecule has 28 heavy (non-hydrogen) atoms. The standard InChI is InChI=1S/C22H15N3O3/c26-20-12-15(10-11-16(20)21(27)28)25-19(14-6-2-1-3-7-14)13-24-18-9-5-4-8-17(18)23-22(24)25/h1-13,26H,(H,27,28). The third-order valence-corrected chi connectivity index (χ3v) is 4.81. The van der Waals surface area contributed by atoms with Crippen molar-refractivity contribution in [3.8, 4) is 22.7 Å². The monoisotopic (exact) mass is 369 g/mol. The van der Waals surface area contributed by atoms with Crippen molar-refractivity contribution < 1.29 is 15.0 Å². The average Bonchev–Trinajstić information content (AvgIpc) is 3.24. The highest BCUT2D eigenvalue weighted by molar-refractivity contribution is 5.91. The normalized spacial score (nSPS) is 11.3. The van der Waals surface area contributed by atoms with Gasteiger partial charge in [0.15, 0.2) is 0 Å². The Morgan fingerprint density at radius 3 is 2.43 bits per heavy atom. The summed E-state index contributed by atoms with van der Waals surface area (Å²) in [5.41, 5.74) is 4.20. The van der Waals surface area contributed by atoms with E-state index in [0.29, 0.717) is 11.5 Å². The zero-order chi connectivity index (χ0) is 19.3. The molecule has 136 valence electrons. The molecule has 0 atom stereocenters. The van der Waals surface area contributed by atoms with Gasteiger partial charge in [0.25, 0.3) is 0 Å². The fourth-order valence-corrected chi connectivity index (χ4v) is 3.51. The van der Waals surface area contributed by atoms with Crippen molar-refractivity contribution in [2.75, 3.05) is 0 Å². The summed E-state index contributed by atoms with van der Waals surface area (Å²) in [5.74, 6) is -0.772. The summed E-state index contributed by atoms with van der Waals surface area (Å²) in [6, 6.07) is 22.2. The third-order valence-electron chi connectivity index (χ3n) is 4.81. The largest absolute Gasteiger partial charge is 0.507 e. The van der Waals surface area contributed by atoms with Gasteiger partial charge in [0.05, 0.1) is 22.4 Å². The Morgan fingerprint density at radius 1 is 0.929 bits per heavy atom. The molecule has 5 rings (SSSR count). The maximum absolute atomic E-state index is 11.3. The number of aromatic carboxylic acids is 1. The number of aromatic nitrogens is 3. The number of aromatic hydroxyl groups is 1. The molecular formula is C22H15N3O3. The SMILES string of the molecule is O=C(O)c1ccc(-n2c(-c3ccccc3)cn3c4ccccc4nc23)cc1O. The van der Waals surface area contributed by atoms with Crippen molar-refractivity contribution in [1.82, 2.24) is 14.0 Å². The van der Waals surface area contributed by atoms with Crippen molar-refractivity contribution in [3.05, 3.63) is 84.6 Å². The van der Waals surface area contributed by atoms with E-state index in [1.165, 1.54) is 12.1 Å². The summed E-state index contributed by atoms with van der Waals surface area (Å²) in [6.07, 6.45) is 2.00. The van der Waals surface area contributed by atoms with Crippen molar-refractivity contribution in [2.24, 2.45) is 0 Å². The second-order valence-electron chi connectivity index (χ2n) is 6.49. The minimum Gasteiger partial charge on any atom is -0.507 e. The Labute approximate surface area is 159 Å². The molecule has 3 aromatic carbocycles. The van der Waals surface area contributed by atoms with Crippen LogP contribution in [0.4, 0.5) is 0 Å². The molecular weight excluding hydrogens is 354 g/mol. The maximum Gasteiger partial charge on any atom is 0.339 e. The van der Waals surface area contributed by atoms with E-state index in [0.717, 1.165) is 22.3 Å². The van der Waals surface area contributed by atoms with E-state index >= 15 is 0 Å². The molecule has 0 aliphatic carbocycles. The van der Waals surface area contributed by atoms with E-state index in [9.17, 15) is 15.0 Å². The molecule has 2 heterocycles. The number of rotatable bonds is 3. The van der Waals surface area contributed by atoms with E-state index < -0.39 is 5.97 Å². The van der Waals surface area contributed by atoms with Gasteiger partial charge in [-0.05, 0) is 24.3 Å². The van der Waals surface area contributed by atoms with Crippen molar-refractivity contribution >= 4 is 22.8 Å². The molecule has 0 spiro atoms. The Bertz CT molecular complexity index is 1350. The quantitative estimate of drug-likeness (QED) is 0.495. The van der Waals surface area contributed by atoms with Gasteiger partial charge in [-0.25, -0.2) is 9.78 Å². The lowest BCUT2D eigenvalue weighted by Gasteiger charge is -2.10. The molecule has 0 radical (unpaired) electrons. The number of fused-ring (bicyclic) bond motifs is 3. The lowest BCUT2D eigenvalue weighted by atomic mass is 10.1. The number of carboxylic acid groups (broad SMARTS) is 1. The molecule has 2 N–H and O–H groups in total. The van der Waals surface area contributed by atoms with Crippen LogP contribution in [0.25, 0.3) is 33.8 Å². The van der Waals surface area contributed by atoms with E-state index in [1.807, 2.05) is 69.8 Å².